The third-order valence-corrected chi connectivity index (χ3v) is 2.44. The number of aryl methyl sites for hydroxylation is 2. The van der Waals surface area contributed by atoms with E-state index in [2.05, 4.69) is 20.7 Å². The summed E-state index contributed by atoms with van der Waals surface area (Å²) in [5.74, 6) is 0.361. The minimum Gasteiger partial charge on any atom is -0.481 e. The molecule has 0 aliphatic rings. The van der Waals surface area contributed by atoms with Gasteiger partial charge in [0, 0.05) is 4.47 Å². The van der Waals surface area contributed by atoms with Crippen LogP contribution in [0.25, 0.3) is 0 Å². The highest BCUT2D eigenvalue weighted by Gasteiger charge is 2.08. The van der Waals surface area contributed by atoms with Gasteiger partial charge in [-0.2, -0.15) is 0 Å². The van der Waals surface area contributed by atoms with Crippen LogP contribution < -0.4 is 4.74 Å². The molecule has 0 fully saturated rings. The first-order valence-corrected chi connectivity index (χ1v) is 5.30. The second-order valence-electron chi connectivity index (χ2n) is 3.23. The number of rotatable bonds is 3. The predicted octanol–water partition coefficient (Wildman–Crippen LogP) is 2.62. The number of hydrogen-bond donors (Lipinski definition) is 0. The Morgan fingerprint density at radius 1 is 1.33 bits per heavy atom. The molecule has 4 heteroatoms. The standard InChI is InChI=1S/C11H13BrO3/c1-7-4-9(12)5-8(2)11(7)15-6-10(13)14-3/h4-5H,6H2,1-3H3. The molecule has 0 aromatic heterocycles. The molecule has 0 heterocycles. The van der Waals surface area contributed by atoms with E-state index in [1.165, 1.54) is 7.11 Å². The van der Waals surface area contributed by atoms with E-state index in [1.807, 2.05) is 26.0 Å². The summed E-state index contributed by atoms with van der Waals surface area (Å²) in [4.78, 5) is 10.9. The molecular weight excluding hydrogens is 260 g/mol. The number of esters is 1. The summed E-state index contributed by atoms with van der Waals surface area (Å²) < 4.78 is 10.9. The maximum atomic E-state index is 10.9. The third kappa shape index (κ3) is 3.23. The number of halogens is 1. The fourth-order valence-corrected chi connectivity index (χ4v) is 2.00. The third-order valence-electron chi connectivity index (χ3n) is 1.99. The average Bonchev–Trinajstić information content (AvgIpc) is 2.15. The molecule has 0 unspecified atom stereocenters. The van der Waals surface area contributed by atoms with Crippen LogP contribution in [-0.2, 0) is 9.53 Å². The first-order chi connectivity index (χ1) is 7.04. The lowest BCUT2D eigenvalue weighted by molar-refractivity contribution is -0.142. The van der Waals surface area contributed by atoms with Crippen LogP contribution in [0.1, 0.15) is 11.1 Å². The van der Waals surface area contributed by atoms with Crippen molar-refractivity contribution >= 4 is 21.9 Å². The number of ether oxygens (including phenoxy) is 2. The molecule has 0 radical (unpaired) electrons. The molecule has 0 amide bonds. The van der Waals surface area contributed by atoms with Crippen LogP contribution in [-0.4, -0.2) is 19.7 Å². The van der Waals surface area contributed by atoms with E-state index in [-0.39, 0.29) is 12.6 Å². The van der Waals surface area contributed by atoms with Gasteiger partial charge in [0.05, 0.1) is 7.11 Å². The molecular formula is C11H13BrO3. The van der Waals surface area contributed by atoms with Crippen molar-refractivity contribution in [2.75, 3.05) is 13.7 Å². The Balaban J connectivity index is 2.81. The lowest BCUT2D eigenvalue weighted by atomic mass is 10.1. The Morgan fingerprint density at radius 3 is 2.33 bits per heavy atom. The van der Waals surface area contributed by atoms with E-state index >= 15 is 0 Å². The van der Waals surface area contributed by atoms with Crippen LogP contribution in [0.4, 0.5) is 0 Å². The van der Waals surface area contributed by atoms with E-state index < -0.39 is 0 Å². The molecule has 82 valence electrons. The van der Waals surface area contributed by atoms with Crippen molar-refractivity contribution in [2.24, 2.45) is 0 Å². The summed E-state index contributed by atoms with van der Waals surface area (Å²) >= 11 is 3.39. The van der Waals surface area contributed by atoms with Gasteiger partial charge >= 0.3 is 5.97 Å². The van der Waals surface area contributed by atoms with Gasteiger partial charge in [-0.15, -0.1) is 0 Å². The maximum absolute atomic E-state index is 10.9. The molecule has 0 saturated carbocycles. The molecule has 0 aliphatic carbocycles. The molecule has 0 N–H and O–H groups in total. The van der Waals surface area contributed by atoms with Crippen LogP contribution >= 0.6 is 15.9 Å². The molecule has 0 aliphatic heterocycles. The molecule has 15 heavy (non-hydrogen) atoms. The molecule has 3 nitrogen and oxygen atoms in total. The highest BCUT2D eigenvalue weighted by Crippen LogP contribution is 2.27. The van der Waals surface area contributed by atoms with Gasteiger partial charge in [0.2, 0.25) is 0 Å². The smallest absolute Gasteiger partial charge is 0.343 e. The molecule has 0 atom stereocenters. The first kappa shape index (κ1) is 12.0. The van der Waals surface area contributed by atoms with E-state index in [4.69, 9.17) is 4.74 Å². The Hall–Kier alpha value is -1.03. The van der Waals surface area contributed by atoms with Crippen molar-refractivity contribution < 1.29 is 14.3 Å². The molecule has 0 spiro atoms. The van der Waals surface area contributed by atoms with Gasteiger partial charge in [-0.3, -0.25) is 0 Å². The normalized spacial score (nSPS) is 9.87. The number of hydrogen-bond acceptors (Lipinski definition) is 3. The molecule has 1 aromatic carbocycles. The van der Waals surface area contributed by atoms with Gasteiger partial charge in [0.1, 0.15) is 5.75 Å². The van der Waals surface area contributed by atoms with Crippen molar-refractivity contribution in [3.63, 3.8) is 0 Å². The zero-order valence-electron chi connectivity index (χ0n) is 8.96. The molecule has 0 saturated heterocycles. The Morgan fingerprint density at radius 2 is 1.87 bits per heavy atom. The fourth-order valence-electron chi connectivity index (χ4n) is 1.32. The largest absolute Gasteiger partial charge is 0.481 e. The highest BCUT2D eigenvalue weighted by atomic mass is 79.9. The Kier molecular flexibility index (Phi) is 4.15. The van der Waals surface area contributed by atoms with Crippen molar-refractivity contribution in [3.05, 3.63) is 27.7 Å². The van der Waals surface area contributed by atoms with Gasteiger partial charge < -0.3 is 9.47 Å². The first-order valence-electron chi connectivity index (χ1n) is 4.51. The lowest BCUT2D eigenvalue weighted by Crippen LogP contribution is -2.13. The number of carbonyl (C=O) groups excluding carboxylic acids is 1. The summed E-state index contributed by atoms with van der Waals surface area (Å²) in [5, 5.41) is 0. The van der Waals surface area contributed by atoms with E-state index in [1.54, 1.807) is 0 Å². The SMILES string of the molecule is COC(=O)COc1c(C)cc(Br)cc1C. The van der Waals surface area contributed by atoms with Crippen molar-refractivity contribution in [3.8, 4) is 5.75 Å². The van der Waals surface area contributed by atoms with Crippen molar-refractivity contribution in [2.45, 2.75) is 13.8 Å². The minimum atomic E-state index is -0.378. The van der Waals surface area contributed by atoms with Crippen LogP contribution in [0.15, 0.2) is 16.6 Å². The van der Waals surface area contributed by atoms with Crippen LogP contribution in [0, 0.1) is 13.8 Å². The quantitative estimate of drug-likeness (QED) is 0.794. The predicted molar refractivity (Wildman–Crippen MR) is 61.1 cm³/mol. The molecule has 1 aromatic rings. The summed E-state index contributed by atoms with van der Waals surface area (Å²) in [6.07, 6.45) is 0. The van der Waals surface area contributed by atoms with Crippen molar-refractivity contribution in [1.29, 1.82) is 0 Å². The highest BCUT2D eigenvalue weighted by molar-refractivity contribution is 9.10. The fraction of sp³-hybridized carbons (Fsp3) is 0.364. The topological polar surface area (TPSA) is 35.5 Å². The molecule has 0 bridgehead atoms. The second kappa shape index (κ2) is 5.16. The van der Waals surface area contributed by atoms with Crippen molar-refractivity contribution in [1.82, 2.24) is 0 Å². The summed E-state index contributed by atoms with van der Waals surface area (Å²) in [5.41, 5.74) is 1.98. The van der Waals surface area contributed by atoms with Gasteiger partial charge in [-0.05, 0) is 37.1 Å². The minimum absolute atomic E-state index is 0.0557. The molecule has 1 rings (SSSR count). The average molecular weight is 273 g/mol. The van der Waals surface area contributed by atoms with Crippen LogP contribution in [0.5, 0.6) is 5.75 Å². The van der Waals surface area contributed by atoms with Gasteiger partial charge in [-0.1, -0.05) is 15.9 Å². The second-order valence-corrected chi connectivity index (χ2v) is 4.15. The lowest BCUT2D eigenvalue weighted by Gasteiger charge is -2.11. The summed E-state index contributed by atoms with van der Waals surface area (Å²) in [7, 11) is 1.34. The number of benzene rings is 1. The van der Waals surface area contributed by atoms with E-state index in [0.717, 1.165) is 21.3 Å². The van der Waals surface area contributed by atoms with E-state index in [0.29, 0.717) is 0 Å². The van der Waals surface area contributed by atoms with E-state index in [9.17, 15) is 4.79 Å². The zero-order chi connectivity index (χ0) is 11.4. The maximum Gasteiger partial charge on any atom is 0.343 e. The zero-order valence-corrected chi connectivity index (χ0v) is 10.6. The van der Waals surface area contributed by atoms with Crippen LogP contribution in [0.3, 0.4) is 0 Å². The van der Waals surface area contributed by atoms with Crippen LogP contribution in [0.2, 0.25) is 0 Å². The Labute approximate surface area is 97.5 Å². The van der Waals surface area contributed by atoms with Gasteiger partial charge in [-0.25, -0.2) is 4.79 Å². The summed E-state index contributed by atoms with van der Waals surface area (Å²) in [6, 6.07) is 3.89. The number of methoxy groups -OCH3 is 1. The van der Waals surface area contributed by atoms with Gasteiger partial charge in [0.15, 0.2) is 6.61 Å². The number of carbonyl (C=O) groups is 1. The summed E-state index contributed by atoms with van der Waals surface area (Å²) in [6.45, 7) is 3.81. The Bertz CT molecular complexity index is 351. The monoisotopic (exact) mass is 272 g/mol. The van der Waals surface area contributed by atoms with Gasteiger partial charge in [0.25, 0.3) is 0 Å².